The Bertz CT molecular complexity index is 917. The van der Waals surface area contributed by atoms with E-state index in [9.17, 15) is 4.79 Å². The molecule has 27 heavy (non-hydrogen) atoms. The van der Waals surface area contributed by atoms with E-state index < -0.39 is 0 Å². The molecule has 0 spiro atoms. The summed E-state index contributed by atoms with van der Waals surface area (Å²) in [4.78, 5) is 17.7. The van der Waals surface area contributed by atoms with E-state index in [1.54, 1.807) is 12.1 Å². The highest BCUT2D eigenvalue weighted by Gasteiger charge is 2.21. The largest absolute Gasteiger partial charge is 0.376 e. The van der Waals surface area contributed by atoms with Crippen molar-refractivity contribution >= 4 is 40.5 Å². The zero-order valence-corrected chi connectivity index (χ0v) is 17.0. The summed E-state index contributed by atoms with van der Waals surface area (Å²) in [7, 11) is 0. The van der Waals surface area contributed by atoms with Crippen LogP contribution in [0.15, 0.2) is 53.8 Å². The molecule has 1 aliphatic rings. The summed E-state index contributed by atoms with van der Waals surface area (Å²) < 4.78 is 8.65. The number of rotatable bonds is 7. The molecule has 0 bridgehead atoms. The maximum Gasteiger partial charge on any atom is 0.183 e. The standard InChI is InChI=1S/C20H19ClN2O2S2/c21-19-9-8-18(27-19)17(24)13-26-20-22-11-16(14-5-2-1-3-6-14)23(20)12-15-7-4-10-25-15/h1-3,5-6,8-9,11,15H,4,7,10,12-13H2/t15-/m1/s1. The van der Waals surface area contributed by atoms with Gasteiger partial charge in [-0.1, -0.05) is 53.7 Å². The van der Waals surface area contributed by atoms with Crippen LogP contribution in [-0.4, -0.2) is 33.8 Å². The molecule has 140 valence electrons. The van der Waals surface area contributed by atoms with Crippen molar-refractivity contribution in [2.75, 3.05) is 12.4 Å². The van der Waals surface area contributed by atoms with Crippen molar-refractivity contribution in [1.29, 1.82) is 0 Å². The Balaban J connectivity index is 1.55. The van der Waals surface area contributed by atoms with Crippen LogP contribution in [0.2, 0.25) is 4.34 Å². The van der Waals surface area contributed by atoms with Crippen LogP contribution < -0.4 is 0 Å². The SMILES string of the molecule is O=C(CSc1ncc(-c2ccccc2)n1C[C@H]1CCCO1)c1ccc(Cl)s1. The third-order valence-corrected chi connectivity index (χ3v) is 6.74. The minimum Gasteiger partial charge on any atom is -0.376 e. The monoisotopic (exact) mass is 418 g/mol. The molecule has 3 aromatic rings. The molecule has 7 heteroatoms. The van der Waals surface area contributed by atoms with Crippen LogP contribution in [0.5, 0.6) is 0 Å². The molecular weight excluding hydrogens is 400 g/mol. The van der Waals surface area contributed by atoms with E-state index in [0.29, 0.717) is 15.0 Å². The summed E-state index contributed by atoms with van der Waals surface area (Å²) in [5.74, 6) is 0.415. The average Bonchev–Trinajstić information content (AvgIpc) is 3.43. The Hall–Kier alpha value is -1.60. The molecule has 3 heterocycles. The molecule has 1 atom stereocenters. The molecule has 1 saturated heterocycles. The number of thiophene rings is 1. The van der Waals surface area contributed by atoms with Crippen LogP contribution in [0.3, 0.4) is 0 Å². The molecule has 0 radical (unpaired) electrons. The molecule has 4 rings (SSSR count). The molecule has 1 aliphatic heterocycles. The fraction of sp³-hybridized carbons (Fsp3) is 0.300. The van der Waals surface area contributed by atoms with Crippen molar-refractivity contribution in [3.05, 3.63) is 57.9 Å². The minimum absolute atomic E-state index is 0.0739. The van der Waals surface area contributed by atoms with E-state index in [4.69, 9.17) is 16.3 Å². The topological polar surface area (TPSA) is 44.1 Å². The lowest BCUT2D eigenvalue weighted by Gasteiger charge is -2.16. The van der Waals surface area contributed by atoms with Crippen molar-refractivity contribution in [3.63, 3.8) is 0 Å². The van der Waals surface area contributed by atoms with E-state index in [-0.39, 0.29) is 11.9 Å². The number of carbonyl (C=O) groups excluding carboxylic acids is 1. The Morgan fingerprint density at radius 3 is 2.85 bits per heavy atom. The first-order chi connectivity index (χ1) is 13.2. The van der Waals surface area contributed by atoms with E-state index in [1.807, 2.05) is 24.4 Å². The van der Waals surface area contributed by atoms with Gasteiger partial charge in [0.05, 0.1) is 39.5 Å². The normalized spacial score (nSPS) is 16.7. The van der Waals surface area contributed by atoms with E-state index in [2.05, 4.69) is 21.7 Å². The molecule has 1 aromatic carbocycles. The highest BCUT2D eigenvalue weighted by atomic mass is 35.5. The summed E-state index contributed by atoms with van der Waals surface area (Å²) in [6.45, 7) is 1.58. The molecule has 1 fully saturated rings. The maximum absolute atomic E-state index is 12.4. The second-order valence-corrected chi connectivity index (χ2v) is 9.01. The van der Waals surface area contributed by atoms with Crippen LogP contribution in [0.4, 0.5) is 0 Å². The number of ketones is 1. The van der Waals surface area contributed by atoms with Crippen molar-refractivity contribution in [3.8, 4) is 11.3 Å². The van der Waals surface area contributed by atoms with E-state index in [1.165, 1.54) is 23.1 Å². The van der Waals surface area contributed by atoms with Crippen LogP contribution in [0.25, 0.3) is 11.3 Å². The summed E-state index contributed by atoms with van der Waals surface area (Å²) in [6.07, 6.45) is 4.25. The zero-order chi connectivity index (χ0) is 18.6. The van der Waals surface area contributed by atoms with Gasteiger partial charge in [0.1, 0.15) is 0 Å². The van der Waals surface area contributed by atoms with Gasteiger partial charge in [0, 0.05) is 6.61 Å². The number of ether oxygens (including phenoxy) is 1. The lowest BCUT2D eigenvalue weighted by molar-refractivity contribution is 0.0954. The fourth-order valence-corrected chi connectivity index (χ4v) is 5.09. The second kappa shape index (κ2) is 8.61. The lowest BCUT2D eigenvalue weighted by atomic mass is 10.1. The Morgan fingerprint density at radius 2 is 2.15 bits per heavy atom. The number of hydrogen-bond acceptors (Lipinski definition) is 5. The van der Waals surface area contributed by atoms with Gasteiger partial charge < -0.3 is 9.30 Å². The van der Waals surface area contributed by atoms with Crippen molar-refractivity contribution in [2.24, 2.45) is 0 Å². The number of thioether (sulfide) groups is 1. The highest BCUT2D eigenvalue weighted by molar-refractivity contribution is 7.99. The molecule has 0 N–H and O–H groups in total. The Kier molecular flexibility index (Phi) is 5.98. The van der Waals surface area contributed by atoms with Gasteiger partial charge in [-0.25, -0.2) is 4.98 Å². The predicted molar refractivity (Wildman–Crippen MR) is 111 cm³/mol. The molecule has 0 aliphatic carbocycles. The van der Waals surface area contributed by atoms with Gasteiger partial charge >= 0.3 is 0 Å². The molecule has 0 unspecified atom stereocenters. The fourth-order valence-electron chi connectivity index (χ4n) is 3.15. The third kappa shape index (κ3) is 4.46. The molecule has 4 nitrogen and oxygen atoms in total. The lowest BCUT2D eigenvalue weighted by Crippen LogP contribution is -2.17. The summed E-state index contributed by atoms with van der Waals surface area (Å²) in [5.41, 5.74) is 2.17. The van der Waals surface area contributed by atoms with Crippen LogP contribution in [-0.2, 0) is 11.3 Å². The van der Waals surface area contributed by atoms with Gasteiger partial charge in [-0.3, -0.25) is 4.79 Å². The molecular formula is C20H19ClN2O2S2. The number of Topliss-reactive ketones (excluding diaryl/α,β-unsaturated/α-hetero) is 1. The predicted octanol–water partition coefficient (Wildman–Crippen LogP) is 5.42. The van der Waals surface area contributed by atoms with Gasteiger partial charge in [0.2, 0.25) is 0 Å². The minimum atomic E-state index is 0.0739. The number of nitrogens with zero attached hydrogens (tertiary/aromatic N) is 2. The van der Waals surface area contributed by atoms with Crippen molar-refractivity contribution < 1.29 is 9.53 Å². The summed E-state index contributed by atoms with van der Waals surface area (Å²) in [6, 6.07) is 13.8. The van der Waals surface area contributed by atoms with Gasteiger partial charge in [-0.2, -0.15) is 0 Å². The van der Waals surface area contributed by atoms with Gasteiger partial charge in [0.25, 0.3) is 0 Å². The Labute approximate surface area is 171 Å². The summed E-state index contributed by atoms with van der Waals surface area (Å²) in [5, 5.41) is 0.848. The quantitative estimate of drug-likeness (QED) is 0.379. The average molecular weight is 419 g/mol. The number of carbonyl (C=O) groups is 1. The van der Waals surface area contributed by atoms with E-state index in [0.717, 1.165) is 42.4 Å². The van der Waals surface area contributed by atoms with Crippen molar-refractivity contribution in [2.45, 2.75) is 30.6 Å². The smallest absolute Gasteiger partial charge is 0.183 e. The number of imidazole rings is 1. The number of hydrogen-bond donors (Lipinski definition) is 0. The Morgan fingerprint density at radius 1 is 1.30 bits per heavy atom. The number of halogens is 1. The van der Waals surface area contributed by atoms with Crippen molar-refractivity contribution in [1.82, 2.24) is 9.55 Å². The number of aromatic nitrogens is 2. The van der Waals surface area contributed by atoms with Crippen LogP contribution >= 0.6 is 34.7 Å². The third-order valence-electron chi connectivity index (χ3n) is 4.48. The molecule has 0 amide bonds. The zero-order valence-electron chi connectivity index (χ0n) is 14.6. The highest BCUT2D eigenvalue weighted by Crippen LogP contribution is 2.29. The van der Waals surface area contributed by atoms with Crippen LogP contribution in [0.1, 0.15) is 22.5 Å². The summed E-state index contributed by atoms with van der Waals surface area (Å²) >= 11 is 8.73. The van der Waals surface area contributed by atoms with E-state index >= 15 is 0 Å². The van der Waals surface area contributed by atoms with Gasteiger partial charge in [0.15, 0.2) is 10.9 Å². The second-order valence-electron chi connectivity index (χ2n) is 6.35. The molecule has 0 saturated carbocycles. The maximum atomic E-state index is 12.4. The molecule has 2 aromatic heterocycles. The van der Waals surface area contributed by atoms with Gasteiger partial charge in [-0.15, -0.1) is 11.3 Å². The first kappa shape index (κ1) is 18.7. The first-order valence-electron chi connectivity index (χ1n) is 8.84. The van der Waals surface area contributed by atoms with Crippen LogP contribution in [0, 0.1) is 0 Å². The van der Waals surface area contributed by atoms with Gasteiger partial charge in [-0.05, 0) is 30.5 Å². The number of benzene rings is 1. The first-order valence-corrected chi connectivity index (χ1v) is 11.0.